The molecule has 1 heterocycles. The van der Waals surface area contributed by atoms with E-state index in [1.54, 1.807) is 18.2 Å². The molecule has 0 saturated carbocycles. The van der Waals surface area contributed by atoms with Crippen LogP contribution in [0.15, 0.2) is 29.1 Å². The Morgan fingerprint density at radius 3 is 2.69 bits per heavy atom. The number of hydrogen-bond acceptors (Lipinski definition) is 4. The molecule has 0 aliphatic heterocycles. The van der Waals surface area contributed by atoms with Crippen LogP contribution in [0.25, 0.3) is 10.9 Å². The molecular formula is C10H7NO5. The minimum atomic E-state index is -1.66. The first kappa shape index (κ1) is 10.0. The maximum absolute atomic E-state index is 11.4. The minimum Gasteiger partial charge on any atom is -0.504 e. The number of aromatic hydroxyl groups is 1. The van der Waals surface area contributed by atoms with Crippen molar-refractivity contribution in [1.82, 2.24) is 4.98 Å². The first-order valence-corrected chi connectivity index (χ1v) is 4.34. The van der Waals surface area contributed by atoms with Crippen LogP contribution in [-0.2, 0) is 0 Å². The Morgan fingerprint density at radius 1 is 1.31 bits per heavy atom. The van der Waals surface area contributed by atoms with Gasteiger partial charge in [0, 0.05) is 5.39 Å². The molecule has 16 heavy (non-hydrogen) atoms. The summed E-state index contributed by atoms with van der Waals surface area (Å²) in [4.78, 5) is 24.1. The molecule has 0 atom stereocenters. The molecule has 1 aromatic carbocycles. The Labute approximate surface area is 88.7 Å². The van der Waals surface area contributed by atoms with E-state index in [2.05, 4.69) is 9.72 Å². The number of aromatic amines is 1. The van der Waals surface area contributed by atoms with Crippen LogP contribution in [0.5, 0.6) is 11.5 Å². The summed E-state index contributed by atoms with van der Waals surface area (Å²) in [5.74, 6) is -1.10. The lowest BCUT2D eigenvalue weighted by atomic mass is 10.2. The van der Waals surface area contributed by atoms with Gasteiger partial charge in [-0.2, -0.15) is 0 Å². The van der Waals surface area contributed by atoms with E-state index in [1.807, 2.05) is 0 Å². The molecule has 0 aliphatic rings. The Bertz CT molecular complexity index is 616. The largest absolute Gasteiger partial charge is 0.511 e. The Balaban J connectivity index is 2.75. The Hall–Kier alpha value is -2.50. The summed E-state index contributed by atoms with van der Waals surface area (Å²) in [5, 5.41) is 18.4. The van der Waals surface area contributed by atoms with Crippen LogP contribution in [0, 0.1) is 0 Å². The van der Waals surface area contributed by atoms with Crippen LogP contribution in [0.4, 0.5) is 4.79 Å². The monoisotopic (exact) mass is 221 g/mol. The van der Waals surface area contributed by atoms with Crippen LogP contribution >= 0.6 is 0 Å². The summed E-state index contributed by atoms with van der Waals surface area (Å²) < 4.78 is 4.21. The van der Waals surface area contributed by atoms with Crippen molar-refractivity contribution in [3.63, 3.8) is 0 Å². The van der Waals surface area contributed by atoms with E-state index in [-0.39, 0.29) is 0 Å². The number of carbonyl (C=O) groups is 1. The van der Waals surface area contributed by atoms with E-state index in [0.717, 1.165) is 0 Å². The van der Waals surface area contributed by atoms with Gasteiger partial charge in [0.25, 0.3) is 5.56 Å². The number of aromatic nitrogens is 1. The highest BCUT2D eigenvalue weighted by atomic mass is 16.7. The fourth-order valence-electron chi connectivity index (χ4n) is 1.39. The summed E-state index contributed by atoms with van der Waals surface area (Å²) in [6.45, 7) is 0. The summed E-state index contributed by atoms with van der Waals surface area (Å²) >= 11 is 0. The second-order valence-corrected chi connectivity index (χ2v) is 3.05. The highest BCUT2D eigenvalue weighted by molar-refractivity contribution is 5.87. The van der Waals surface area contributed by atoms with Crippen LogP contribution in [0.2, 0.25) is 0 Å². The van der Waals surface area contributed by atoms with Crippen molar-refractivity contribution in [3.8, 4) is 11.5 Å². The summed E-state index contributed by atoms with van der Waals surface area (Å²) in [5.41, 5.74) is -0.388. The number of H-pyrrole nitrogens is 1. The third-order valence-corrected chi connectivity index (χ3v) is 2.04. The molecule has 0 saturated heterocycles. The van der Waals surface area contributed by atoms with Crippen LogP contribution in [0.3, 0.4) is 0 Å². The van der Waals surface area contributed by atoms with Crippen molar-refractivity contribution in [2.24, 2.45) is 0 Å². The molecule has 6 heteroatoms. The standard InChI is InChI=1S/C10H7NO5/c12-7-5-3-1-2-4-6(5)11-9(13)8(7)16-10(14)15/h1-4H,(H,14,15)(H2,11,12,13). The molecule has 1 aromatic heterocycles. The second-order valence-electron chi connectivity index (χ2n) is 3.05. The van der Waals surface area contributed by atoms with Gasteiger partial charge in [-0.15, -0.1) is 0 Å². The molecule has 0 unspecified atom stereocenters. The fraction of sp³-hybridized carbons (Fsp3) is 0. The minimum absolute atomic E-state index is 0.318. The maximum Gasteiger partial charge on any atom is 0.511 e. The molecule has 3 N–H and O–H groups in total. The SMILES string of the molecule is O=C(O)Oc1c(O)c2ccccc2[nH]c1=O. The molecule has 2 aromatic rings. The Morgan fingerprint density at radius 2 is 2.00 bits per heavy atom. The number of fused-ring (bicyclic) bond motifs is 1. The zero-order valence-corrected chi connectivity index (χ0v) is 7.93. The van der Waals surface area contributed by atoms with E-state index in [4.69, 9.17) is 5.11 Å². The topological polar surface area (TPSA) is 99.6 Å². The molecule has 0 radical (unpaired) electrons. The molecule has 0 fully saturated rings. The van der Waals surface area contributed by atoms with E-state index < -0.39 is 23.2 Å². The molecule has 0 bridgehead atoms. The van der Waals surface area contributed by atoms with Crippen molar-refractivity contribution >= 4 is 17.1 Å². The smallest absolute Gasteiger partial charge is 0.504 e. The fourth-order valence-corrected chi connectivity index (χ4v) is 1.39. The van der Waals surface area contributed by atoms with Crippen molar-refractivity contribution in [2.75, 3.05) is 0 Å². The van der Waals surface area contributed by atoms with Gasteiger partial charge in [0.2, 0.25) is 5.75 Å². The van der Waals surface area contributed by atoms with Gasteiger partial charge >= 0.3 is 6.16 Å². The van der Waals surface area contributed by atoms with Crippen LogP contribution in [0.1, 0.15) is 0 Å². The molecule has 2 rings (SSSR count). The Kier molecular flexibility index (Phi) is 2.24. The number of rotatable bonds is 1. The summed E-state index contributed by atoms with van der Waals surface area (Å²) in [7, 11) is 0. The predicted molar refractivity (Wildman–Crippen MR) is 54.9 cm³/mol. The van der Waals surface area contributed by atoms with Gasteiger partial charge in [-0.3, -0.25) is 4.79 Å². The van der Waals surface area contributed by atoms with Gasteiger partial charge in [0.1, 0.15) is 0 Å². The molecular weight excluding hydrogens is 214 g/mol. The van der Waals surface area contributed by atoms with E-state index in [0.29, 0.717) is 10.9 Å². The molecule has 0 amide bonds. The van der Waals surface area contributed by atoms with Gasteiger partial charge in [-0.05, 0) is 12.1 Å². The number of pyridine rings is 1. The summed E-state index contributed by atoms with van der Waals surface area (Å²) in [6.07, 6.45) is -1.66. The third-order valence-electron chi connectivity index (χ3n) is 2.04. The highest BCUT2D eigenvalue weighted by Gasteiger charge is 2.15. The first-order chi connectivity index (χ1) is 7.59. The summed E-state index contributed by atoms with van der Waals surface area (Å²) in [6, 6.07) is 6.44. The lowest BCUT2D eigenvalue weighted by molar-refractivity contribution is 0.142. The van der Waals surface area contributed by atoms with E-state index in [1.165, 1.54) is 6.07 Å². The van der Waals surface area contributed by atoms with Gasteiger partial charge < -0.3 is 19.9 Å². The number of nitrogens with one attached hydrogen (secondary N) is 1. The molecule has 0 spiro atoms. The predicted octanol–water partition coefficient (Wildman–Crippen LogP) is 1.29. The second kappa shape index (κ2) is 3.58. The van der Waals surface area contributed by atoms with Gasteiger partial charge in [0.15, 0.2) is 5.75 Å². The normalized spacial score (nSPS) is 10.2. The van der Waals surface area contributed by atoms with Gasteiger partial charge in [0.05, 0.1) is 5.52 Å². The van der Waals surface area contributed by atoms with Crippen LogP contribution < -0.4 is 10.3 Å². The number of para-hydroxylation sites is 1. The highest BCUT2D eigenvalue weighted by Crippen LogP contribution is 2.29. The van der Waals surface area contributed by atoms with E-state index >= 15 is 0 Å². The average Bonchev–Trinajstić information content (AvgIpc) is 2.24. The van der Waals surface area contributed by atoms with Crippen LogP contribution in [-0.4, -0.2) is 21.4 Å². The average molecular weight is 221 g/mol. The third kappa shape index (κ3) is 1.56. The lowest BCUT2D eigenvalue weighted by Crippen LogP contribution is -2.14. The number of ether oxygens (including phenoxy) is 1. The van der Waals surface area contributed by atoms with Crippen molar-refractivity contribution in [3.05, 3.63) is 34.6 Å². The van der Waals surface area contributed by atoms with Crippen molar-refractivity contribution in [1.29, 1.82) is 0 Å². The number of hydrogen-bond donors (Lipinski definition) is 3. The van der Waals surface area contributed by atoms with Gasteiger partial charge in [-0.1, -0.05) is 12.1 Å². The number of carboxylic acid groups (broad SMARTS) is 1. The molecule has 6 nitrogen and oxygen atoms in total. The first-order valence-electron chi connectivity index (χ1n) is 4.34. The molecule has 82 valence electrons. The van der Waals surface area contributed by atoms with Crippen molar-refractivity contribution < 1.29 is 19.7 Å². The molecule has 0 aliphatic carbocycles. The number of benzene rings is 1. The lowest BCUT2D eigenvalue weighted by Gasteiger charge is -2.05. The van der Waals surface area contributed by atoms with Gasteiger partial charge in [-0.25, -0.2) is 4.79 Å². The van der Waals surface area contributed by atoms with E-state index in [9.17, 15) is 14.7 Å². The maximum atomic E-state index is 11.4. The zero-order chi connectivity index (χ0) is 11.7. The zero-order valence-electron chi connectivity index (χ0n) is 7.93. The quantitative estimate of drug-likeness (QED) is 0.630. The van der Waals surface area contributed by atoms with Crippen molar-refractivity contribution in [2.45, 2.75) is 0 Å².